The fourth-order valence-electron chi connectivity index (χ4n) is 6.51. The molecule has 0 heterocycles. The van der Waals surface area contributed by atoms with Gasteiger partial charge in [0.1, 0.15) is 11.6 Å². The first kappa shape index (κ1) is 9.94. The molecule has 2 bridgehead atoms. The zero-order chi connectivity index (χ0) is 12.1. The lowest BCUT2D eigenvalue weighted by Gasteiger charge is -2.51. The molecule has 0 saturated heterocycles. The van der Waals surface area contributed by atoms with Crippen molar-refractivity contribution < 1.29 is 9.59 Å². The standard InChI is InChI=1S/C16H18O2/c17-11-4-5-12(18)14-10-3-2-9(13(11)14)15-6-1-7-16(10,15)8-15/h2-3,9-10,13-14H,1,4-8H2/t9-,10+,13-,14+,15-,16+. The van der Waals surface area contributed by atoms with Gasteiger partial charge in [0.15, 0.2) is 0 Å². The highest BCUT2D eigenvalue weighted by molar-refractivity contribution is 5.98. The molecule has 0 amide bonds. The van der Waals surface area contributed by atoms with Crippen LogP contribution in [0.5, 0.6) is 0 Å². The van der Waals surface area contributed by atoms with Crippen LogP contribution in [0, 0.1) is 34.5 Å². The Labute approximate surface area is 107 Å². The summed E-state index contributed by atoms with van der Waals surface area (Å²) >= 11 is 0. The van der Waals surface area contributed by atoms with E-state index in [1.807, 2.05) is 0 Å². The highest BCUT2D eigenvalue weighted by Gasteiger charge is 2.81. The van der Waals surface area contributed by atoms with Crippen LogP contribution in [0.1, 0.15) is 38.5 Å². The Balaban J connectivity index is 1.71. The third-order valence-corrected chi connectivity index (χ3v) is 7.07. The lowest BCUT2D eigenvalue weighted by molar-refractivity contribution is -0.147. The van der Waals surface area contributed by atoms with Gasteiger partial charge in [0.05, 0.1) is 0 Å². The summed E-state index contributed by atoms with van der Waals surface area (Å²) in [5.41, 5.74) is 0.891. The van der Waals surface area contributed by atoms with Gasteiger partial charge >= 0.3 is 0 Å². The molecule has 0 aliphatic heterocycles. The fraction of sp³-hybridized carbons (Fsp3) is 0.750. The fourth-order valence-corrected chi connectivity index (χ4v) is 6.51. The molecular weight excluding hydrogens is 224 g/mol. The lowest BCUT2D eigenvalue weighted by Crippen LogP contribution is -2.54. The van der Waals surface area contributed by atoms with E-state index in [9.17, 15) is 9.59 Å². The predicted octanol–water partition coefficient (Wildman–Crippen LogP) is 2.53. The molecule has 4 saturated carbocycles. The summed E-state index contributed by atoms with van der Waals surface area (Å²) in [6, 6.07) is 0. The highest BCUT2D eigenvalue weighted by atomic mass is 16.1. The molecule has 6 atom stereocenters. The van der Waals surface area contributed by atoms with Crippen LogP contribution < -0.4 is 0 Å². The Morgan fingerprint density at radius 3 is 1.89 bits per heavy atom. The normalized spacial score (nSPS) is 59.3. The van der Waals surface area contributed by atoms with Gasteiger partial charge in [0, 0.05) is 24.7 Å². The molecule has 94 valence electrons. The SMILES string of the molecule is O=C1CCC(=O)[C@H]2[C@@H]1[C@H]1C=C[C@@H]2[C@@]23CCC[C@@]12C3. The average Bonchev–Trinajstić information content (AvgIpc) is 2.93. The average molecular weight is 242 g/mol. The van der Waals surface area contributed by atoms with Crippen LogP contribution in [0.2, 0.25) is 0 Å². The number of carbonyl (C=O) groups excluding carboxylic acids is 2. The van der Waals surface area contributed by atoms with E-state index in [0.717, 1.165) is 0 Å². The second kappa shape index (κ2) is 2.66. The summed E-state index contributed by atoms with van der Waals surface area (Å²) in [4.78, 5) is 24.6. The Morgan fingerprint density at radius 1 is 0.889 bits per heavy atom. The van der Waals surface area contributed by atoms with E-state index in [0.29, 0.717) is 47.1 Å². The van der Waals surface area contributed by atoms with Crippen LogP contribution in [0.25, 0.3) is 0 Å². The van der Waals surface area contributed by atoms with Crippen LogP contribution in [0.15, 0.2) is 12.2 Å². The quantitative estimate of drug-likeness (QED) is 0.612. The number of hydrogen-bond donors (Lipinski definition) is 0. The Hall–Kier alpha value is -0.920. The summed E-state index contributed by atoms with van der Waals surface area (Å²) in [5, 5.41) is 0. The van der Waals surface area contributed by atoms with Crippen molar-refractivity contribution in [3.63, 3.8) is 0 Å². The van der Waals surface area contributed by atoms with E-state index in [1.54, 1.807) is 0 Å². The van der Waals surface area contributed by atoms with Gasteiger partial charge in [-0.3, -0.25) is 9.59 Å². The van der Waals surface area contributed by atoms with Crippen molar-refractivity contribution in [2.75, 3.05) is 0 Å². The molecule has 2 heteroatoms. The van der Waals surface area contributed by atoms with E-state index < -0.39 is 0 Å². The van der Waals surface area contributed by atoms with Gasteiger partial charge < -0.3 is 0 Å². The van der Waals surface area contributed by atoms with Crippen molar-refractivity contribution >= 4 is 11.6 Å². The van der Waals surface area contributed by atoms with Gasteiger partial charge in [0.2, 0.25) is 0 Å². The lowest BCUT2D eigenvalue weighted by atomic mass is 9.50. The zero-order valence-corrected chi connectivity index (χ0v) is 10.5. The van der Waals surface area contributed by atoms with Crippen LogP contribution >= 0.6 is 0 Å². The minimum absolute atomic E-state index is 0.0648. The third-order valence-electron chi connectivity index (χ3n) is 7.07. The van der Waals surface area contributed by atoms with Crippen molar-refractivity contribution in [3.05, 3.63) is 12.2 Å². The number of Topliss-reactive ketones (excluding diaryl/α,β-unsaturated/α-hetero) is 2. The molecule has 0 aromatic heterocycles. The minimum atomic E-state index is 0.0648. The van der Waals surface area contributed by atoms with Crippen LogP contribution in [0.3, 0.4) is 0 Å². The van der Waals surface area contributed by atoms with E-state index in [4.69, 9.17) is 0 Å². The molecule has 6 rings (SSSR count). The van der Waals surface area contributed by atoms with Crippen molar-refractivity contribution in [2.24, 2.45) is 34.5 Å². The molecule has 0 unspecified atom stereocenters. The van der Waals surface area contributed by atoms with Crippen LogP contribution in [0.4, 0.5) is 0 Å². The van der Waals surface area contributed by atoms with Gasteiger partial charge in [-0.2, -0.15) is 0 Å². The minimum Gasteiger partial charge on any atom is -0.299 e. The van der Waals surface area contributed by atoms with Gasteiger partial charge in [-0.1, -0.05) is 18.6 Å². The highest BCUT2D eigenvalue weighted by Crippen LogP contribution is 2.86. The first-order chi connectivity index (χ1) is 8.70. The first-order valence-corrected chi connectivity index (χ1v) is 7.43. The molecule has 18 heavy (non-hydrogen) atoms. The van der Waals surface area contributed by atoms with E-state index in [2.05, 4.69) is 12.2 Å². The third kappa shape index (κ3) is 0.776. The summed E-state index contributed by atoms with van der Waals surface area (Å²) in [7, 11) is 0. The van der Waals surface area contributed by atoms with Crippen molar-refractivity contribution in [3.8, 4) is 0 Å². The Kier molecular flexibility index (Phi) is 1.47. The topological polar surface area (TPSA) is 34.1 Å². The zero-order valence-electron chi connectivity index (χ0n) is 10.5. The first-order valence-electron chi connectivity index (χ1n) is 7.43. The number of ketones is 2. The Morgan fingerprint density at radius 2 is 1.39 bits per heavy atom. The molecule has 4 fully saturated rings. The molecular formula is C16H18O2. The smallest absolute Gasteiger partial charge is 0.137 e. The summed E-state index contributed by atoms with van der Waals surface area (Å²) in [6.07, 6.45) is 10.9. The Bertz CT molecular complexity index is 475. The molecule has 0 radical (unpaired) electrons. The van der Waals surface area contributed by atoms with Crippen LogP contribution in [-0.2, 0) is 9.59 Å². The molecule has 2 nitrogen and oxygen atoms in total. The number of rotatable bonds is 0. The van der Waals surface area contributed by atoms with Gasteiger partial charge in [-0.15, -0.1) is 0 Å². The maximum atomic E-state index is 12.3. The van der Waals surface area contributed by atoms with Crippen molar-refractivity contribution in [1.29, 1.82) is 0 Å². The van der Waals surface area contributed by atoms with E-state index >= 15 is 0 Å². The second-order valence-corrected chi connectivity index (χ2v) is 7.26. The molecule has 6 aliphatic rings. The van der Waals surface area contributed by atoms with Crippen molar-refractivity contribution in [1.82, 2.24) is 0 Å². The molecule has 0 spiro atoms. The van der Waals surface area contributed by atoms with Gasteiger partial charge in [-0.05, 0) is 41.9 Å². The molecule has 0 aromatic carbocycles. The largest absolute Gasteiger partial charge is 0.299 e. The van der Waals surface area contributed by atoms with E-state index in [-0.39, 0.29) is 11.8 Å². The maximum absolute atomic E-state index is 12.3. The monoisotopic (exact) mass is 242 g/mol. The summed E-state index contributed by atoms with van der Waals surface area (Å²) in [6.45, 7) is 0. The summed E-state index contributed by atoms with van der Waals surface area (Å²) in [5.74, 6) is 1.73. The number of hydrogen-bond acceptors (Lipinski definition) is 2. The van der Waals surface area contributed by atoms with E-state index in [1.165, 1.54) is 25.7 Å². The van der Waals surface area contributed by atoms with Crippen LogP contribution in [-0.4, -0.2) is 11.6 Å². The molecule has 6 aliphatic carbocycles. The van der Waals surface area contributed by atoms with Gasteiger partial charge in [0.25, 0.3) is 0 Å². The van der Waals surface area contributed by atoms with Gasteiger partial charge in [-0.25, -0.2) is 0 Å². The second-order valence-electron chi connectivity index (χ2n) is 7.26. The predicted molar refractivity (Wildman–Crippen MR) is 65.7 cm³/mol. The van der Waals surface area contributed by atoms with Crippen molar-refractivity contribution in [2.45, 2.75) is 38.5 Å². The number of allylic oxidation sites excluding steroid dienone is 2. The maximum Gasteiger partial charge on any atom is 0.137 e. The number of carbonyl (C=O) groups is 2. The molecule has 0 N–H and O–H groups in total. The summed E-state index contributed by atoms with van der Waals surface area (Å²) < 4.78 is 0. The molecule has 0 aromatic rings.